The smallest absolute Gasteiger partial charge is 0.0273 e. The van der Waals surface area contributed by atoms with Crippen molar-refractivity contribution in [3.8, 4) is 0 Å². The molecule has 0 aliphatic heterocycles. The van der Waals surface area contributed by atoms with E-state index in [9.17, 15) is 0 Å². The molecule has 0 unspecified atom stereocenters. The van der Waals surface area contributed by atoms with Gasteiger partial charge in [0.2, 0.25) is 0 Å². The van der Waals surface area contributed by atoms with Gasteiger partial charge in [0, 0.05) is 0 Å². The summed E-state index contributed by atoms with van der Waals surface area (Å²) in [6, 6.07) is 2.52. The number of hydrogen-bond acceptors (Lipinski definition) is 0. The fourth-order valence-corrected chi connectivity index (χ4v) is 3.29. The SMILES string of the molecule is CC.CCCc1cc2c(c(CCC)c1C)CCCC2. The Labute approximate surface area is 120 Å². The second-order valence-corrected chi connectivity index (χ2v) is 5.48. The number of aryl methyl sites for hydroxylation is 2. The van der Waals surface area contributed by atoms with Crippen LogP contribution in [0.1, 0.15) is 81.2 Å². The average Bonchev–Trinajstić information content (AvgIpc) is 2.46. The Hall–Kier alpha value is -0.780. The molecule has 0 amide bonds. The van der Waals surface area contributed by atoms with E-state index in [0.717, 1.165) is 0 Å². The molecule has 1 aromatic carbocycles. The van der Waals surface area contributed by atoms with E-state index >= 15 is 0 Å². The van der Waals surface area contributed by atoms with Gasteiger partial charge < -0.3 is 0 Å². The standard InChI is InChI=1S/C17H26.C2H6/c1-4-8-14-12-15-10-6-7-11-17(15)16(9-5-2)13(14)3;1-2/h12H,4-11H2,1-3H3;1-2H3. The van der Waals surface area contributed by atoms with Gasteiger partial charge in [0.15, 0.2) is 0 Å². The summed E-state index contributed by atoms with van der Waals surface area (Å²) < 4.78 is 0. The second-order valence-electron chi connectivity index (χ2n) is 5.48. The number of benzene rings is 1. The summed E-state index contributed by atoms with van der Waals surface area (Å²) in [6.45, 7) is 10.9. The summed E-state index contributed by atoms with van der Waals surface area (Å²) in [5, 5.41) is 0. The third-order valence-electron chi connectivity index (χ3n) is 4.18. The van der Waals surface area contributed by atoms with Gasteiger partial charge in [-0.25, -0.2) is 0 Å². The first-order valence-corrected chi connectivity index (χ1v) is 8.41. The Kier molecular flexibility index (Phi) is 7.20. The lowest BCUT2D eigenvalue weighted by Crippen LogP contribution is -2.10. The topological polar surface area (TPSA) is 0 Å². The van der Waals surface area contributed by atoms with Crippen LogP contribution in [0.3, 0.4) is 0 Å². The molecule has 0 N–H and O–H groups in total. The van der Waals surface area contributed by atoms with Gasteiger partial charge in [0.25, 0.3) is 0 Å². The highest BCUT2D eigenvalue weighted by Crippen LogP contribution is 2.30. The molecule has 0 nitrogen and oxygen atoms in total. The van der Waals surface area contributed by atoms with Crippen molar-refractivity contribution < 1.29 is 0 Å². The second kappa shape index (κ2) is 8.40. The number of hydrogen-bond donors (Lipinski definition) is 0. The molecule has 0 bridgehead atoms. The first kappa shape index (κ1) is 16.3. The molecule has 2 rings (SSSR count). The molecule has 1 aliphatic carbocycles. The van der Waals surface area contributed by atoms with E-state index in [-0.39, 0.29) is 0 Å². The normalized spacial score (nSPS) is 13.5. The molecule has 108 valence electrons. The Bertz CT molecular complexity index is 388. The highest BCUT2D eigenvalue weighted by molar-refractivity contribution is 5.47. The van der Waals surface area contributed by atoms with E-state index < -0.39 is 0 Å². The quantitative estimate of drug-likeness (QED) is 0.641. The highest BCUT2D eigenvalue weighted by atomic mass is 14.2. The zero-order valence-corrected chi connectivity index (χ0v) is 13.7. The minimum atomic E-state index is 1.26. The minimum absolute atomic E-state index is 1.26. The maximum Gasteiger partial charge on any atom is -0.0273 e. The van der Waals surface area contributed by atoms with Crippen molar-refractivity contribution in [2.75, 3.05) is 0 Å². The maximum absolute atomic E-state index is 2.52. The lowest BCUT2D eigenvalue weighted by atomic mass is 9.82. The minimum Gasteiger partial charge on any atom is -0.0683 e. The molecule has 0 heterocycles. The van der Waals surface area contributed by atoms with E-state index in [1.165, 1.54) is 51.4 Å². The Morgan fingerprint density at radius 3 is 2.21 bits per heavy atom. The van der Waals surface area contributed by atoms with Crippen LogP contribution < -0.4 is 0 Å². The van der Waals surface area contributed by atoms with Gasteiger partial charge in [-0.15, -0.1) is 0 Å². The van der Waals surface area contributed by atoms with Crippen LogP contribution in [0.25, 0.3) is 0 Å². The summed E-state index contributed by atoms with van der Waals surface area (Å²) in [5.74, 6) is 0. The molecule has 19 heavy (non-hydrogen) atoms. The van der Waals surface area contributed by atoms with Crippen LogP contribution in [0.2, 0.25) is 0 Å². The van der Waals surface area contributed by atoms with E-state index in [2.05, 4.69) is 26.8 Å². The molecule has 1 aliphatic rings. The van der Waals surface area contributed by atoms with Crippen molar-refractivity contribution in [2.45, 2.75) is 86.0 Å². The molecule has 0 heteroatoms. The summed E-state index contributed by atoms with van der Waals surface area (Å²) in [5.41, 5.74) is 8.32. The van der Waals surface area contributed by atoms with Crippen LogP contribution in [0.15, 0.2) is 6.07 Å². The molecule has 0 aromatic heterocycles. The van der Waals surface area contributed by atoms with Crippen molar-refractivity contribution in [1.29, 1.82) is 0 Å². The van der Waals surface area contributed by atoms with Gasteiger partial charge in [-0.1, -0.05) is 46.6 Å². The van der Waals surface area contributed by atoms with Crippen LogP contribution in [-0.4, -0.2) is 0 Å². The third kappa shape index (κ3) is 3.84. The predicted octanol–water partition coefficient (Wildman–Crippen LogP) is 5.81. The van der Waals surface area contributed by atoms with Gasteiger partial charge >= 0.3 is 0 Å². The highest BCUT2D eigenvalue weighted by Gasteiger charge is 2.17. The monoisotopic (exact) mass is 260 g/mol. The molecule has 0 spiro atoms. The molecular formula is C19H32. The van der Waals surface area contributed by atoms with Crippen LogP contribution in [0.5, 0.6) is 0 Å². The average molecular weight is 260 g/mol. The van der Waals surface area contributed by atoms with E-state index in [1.807, 2.05) is 13.8 Å². The van der Waals surface area contributed by atoms with E-state index in [1.54, 1.807) is 27.8 Å². The lowest BCUT2D eigenvalue weighted by molar-refractivity contribution is 0.672. The molecule has 0 radical (unpaired) electrons. The fourth-order valence-electron chi connectivity index (χ4n) is 3.29. The summed E-state index contributed by atoms with van der Waals surface area (Å²) in [7, 11) is 0. The number of fused-ring (bicyclic) bond motifs is 1. The molecule has 0 fully saturated rings. The lowest BCUT2D eigenvalue weighted by Gasteiger charge is -2.24. The first-order chi connectivity index (χ1) is 9.27. The van der Waals surface area contributed by atoms with Crippen molar-refractivity contribution >= 4 is 0 Å². The Balaban J connectivity index is 0.000000861. The largest absolute Gasteiger partial charge is 0.0683 e. The van der Waals surface area contributed by atoms with Gasteiger partial charge in [0.1, 0.15) is 0 Å². The van der Waals surface area contributed by atoms with Gasteiger partial charge in [0.05, 0.1) is 0 Å². The predicted molar refractivity (Wildman–Crippen MR) is 87.2 cm³/mol. The van der Waals surface area contributed by atoms with Crippen LogP contribution >= 0.6 is 0 Å². The molecule has 0 saturated heterocycles. The van der Waals surface area contributed by atoms with Crippen LogP contribution in [0, 0.1) is 6.92 Å². The fraction of sp³-hybridized carbons (Fsp3) is 0.684. The summed E-state index contributed by atoms with van der Waals surface area (Å²) >= 11 is 0. The van der Waals surface area contributed by atoms with Crippen molar-refractivity contribution in [3.63, 3.8) is 0 Å². The Morgan fingerprint density at radius 2 is 1.58 bits per heavy atom. The van der Waals surface area contributed by atoms with Crippen LogP contribution in [-0.2, 0) is 25.7 Å². The van der Waals surface area contributed by atoms with Crippen LogP contribution in [0.4, 0.5) is 0 Å². The van der Waals surface area contributed by atoms with Crippen molar-refractivity contribution in [3.05, 3.63) is 33.9 Å². The summed E-state index contributed by atoms with van der Waals surface area (Å²) in [6.07, 6.45) is 10.5. The third-order valence-corrected chi connectivity index (χ3v) is 4.18. The molecular weight excluding hydrogens is 228 g/mol. The zero-order chi connectivity index (χ0) is 14.3. The van der Waals surface area contributed by atoms with Gasteiger partial charge in [-0.2, -0.15) is 0 Å². The molecule has 1 aromatic rings. The molecule has 0 saturated carbocycles. The Morgan fingerprint density at radius 1 is 0.947 bits per heavy atom. The van der Waals surface area contributed by atoms with E-state index in [0.29, 0.717) is 0 Å². The van der Waals surface area contributed by atoms with Gasteiger partial charge in [-0.05, 0) is 73.3 Å². The van der Waals surface area contributed by atoms with Gasteiger partial charge in [-0.3, -0.25) is 0 Å². The first-order valence-electron chi connectivity index (χ1n) is 8.41. The van der Waals surface area contributed by atoms with Crippen molar-refractivity contribution in [1.82, 2.24) is 0 Å². The molecule has 0 atom stereocenters. The summed E-state index contributed by atoms with van der Waals surface area (Å²) in [4.78, 5) is 0. The number of rotatable bonds is 4. The zero-order valence-electron chi connectivity index (χ0n) is 13.7. The maximum atomic E-state index is 2.52. The van der Waals surface area contributed by atoms with Crippen molar-refractivity contribution in [2.24, 2.45) is 0 Å². The van der Waals surface area contributed by atoms with E-state index in [4.69, 9.17) is 0 Å².